The first-order valence-electron chi connectivity index (χ1n) is 7.43. The second kappa shape index (κ2) is 6.02. The number of hydrogen-bond donors (Lipinski definition) is 1. The monoisotopic (exact) mass is 324 g/mol. The number of aliphatic carboxylic acids is 1. The molecule has 22 heavy (non-hydrogen) atoms. The predicted octanol–water partition coefficient (Wildman–Crippen LogP) is -0.575. The number of benzene rings is 1. The molecular weight excluding hydrogens is 303 g/mol. The van der Waals surface area contributed by atoms with Gasteiger partial charge in [0.05, 0.1) is 5.69 Å². The fourth-order valence-corrected chi connectivity index (χ4v) is 4.15. The fourth-order valence-electron chi connectivity index (χ4n) is 4.15. The Labute approximate surface area is 174 Å². The summed E-state index contributed by atoms with van der Waals surface area (Å²) in [4.78, 5) is 11.8. The molecule has 2 aliphatic rings. The SMILES string of the molecule is CC12CCC(C(=O)[O-])(C/C1=N\Nc1ccccc1)C2(C)C.[K+]. The maximum atomic E-state index is 11.8. The summed E-state index contributed by atoms with van der Waals surface area (Å²) in [5, 5.41) is 16.3. The van der Waals surface area contributed by atoms with E-state index in [9.17, 15) is 9.90 Å². The minimum absolute atomic E-state index is 0. The standard InChI is InChI=1S/C17H22N2O2.K/c1-15(2)16(3)9-10-17(15,14(20)21)11-13(16)19-18-12-7-5-4-6-8-12;/h4-8,18H,9-11H2,1-3H3,(H,20,21);/q;+1/p-1/b19-13+;. The molecule has 4 nitrogen and oxygen atoms in total. The Morgan fingerprint density at radius 1 is 1.18 bits per heavy atom. The zero-order valence-electron chi connectivity index (χ0n) is 13.8. The van der Waals surface area contributed by atoms with Crippen LogP contribution in [0.1, 0.15) is 40.0 Å². The Morgan fingerprint density at radius 3 is 2.36 bits per heavy atom. The number of rotatable bonds is 3. The normalized spacial score (nSPS) is 33.5. The summed E-state index contributed by atoms with van der Waals surface area (Å²) >= 11 is 0. The van der Waals surface area contributed by atoms with E-state index in [2.05, 4.69) is 17.5 Å². The first-order valence-corrected chi connectivity index (χ1v) is 7.43. The van der Waals surface area contributed by atoms with E-state index in [0.29, 0.717) is 12.8 Å². The summed E-state index contributed by atoms with van der Waals surface area (Å²) in [6.45, 7) is 6.22. The van der Waals surface area contributed by atoms with E-state index in [-0.39, 0.29) is 62.2 Å². The number of nitrogens with one attached hydrogen (secondary N) is 1. The van der Waals surface area contributed by atoms with Gasteiger partial charge in [0.15, 0.2) is 0 Å². The Morgan fingerprint density at radius 2 is 1.82 bits per heavy atom. The molecule has 3 rings (SSSR count). The zero-order valence-corrected chi connectivity index (χ0v) is 16.9. The first kappa shape index (κ1) is 18.1. The summed E-state index contributed by atoms with van der Waals surface area (Å²) in [5.74, 6) is -0.930. The molecule has 2 saturated carbocycles. The minimum atomic E-state index is -0.930. The molecule has 1 aromatic rings. The van der Waals surface area contributed by atoms with Gasteiger partial charge in [-0.2, -0.15) is 5.10 Å². The second-order valence-electron chi connectivity index (χ2n) is 7.04. The maximum Gasteiger partial charge on any atom is 1.00 e. The largest absolute Gasteiger partial charge is 1.00 e. The summed E-state index contributed by atoms with van der Waals surface area (Å²) < 4.78 is 0. The fraction of sp³-hybridized carbons (Fsp3) is 0.529. The van der Waals surface area contributed by atoms with Crippen molar-refractivity contribution in [3.63, 3.8) is 0 Å². The van der Waals surface area contributed by atoms with E-state index in [1.165, 1.54) is 0 Å². The van der Waals surface area contributed by atoms with Crippen molar-refractivity contribution in [2.24, 2.45) is 21.3 Å². The number of carboxylic acid groups (broad SMARTS) is 1. The van der Waals surface area contributed by atoms with Crippen LogP contribution in [0.2, 0.25) is 0 Å². The second-order valence-corrected chi connectivity index (χ2v) is 7.04. The summed E-state index contributed by atoms with van der Waals surface area (Å²) in [6.07, 6.45) is 2.02. The Hall–Kier alpha value is -0.204. The quantitative estimate of drug-likeness (QED) is 0.598. The Kier molecular flexibility index (Phi) is 4.96. The smallest absolute Gasteiger partial charge is 0.550 e. The van der Waals surface area contributed by atoms with Gasteiger partial charge in [-0.05, 0) is 36.8 Å². The molecule has 0 radical (unpaired) electrons. The molecule has 0 amide bonds. The molecule has 0 spiro atoms. The Bertz CT molecular complexity index is 614. The third-order valence-electron chi connectivity index (χ3n) is 6.22. The molecule has 0 heterocycles. The van der Waals surface area contributed by atoms with Crippen LogP contribution in [0.4, 0.5) is 5.69 Å². The van der Waals surface area contributed by atoms with Crippen LogP contribution in [0.25, 0.3) is 0 Å². The molecule has 2 aliphatic carbocycles. The van der Waals surface area contributed by atoms with Gasteiger partial charge in [0.2, 0.25) is 0 Å². The number of carbonyl (C=O) groups excluding carboxylic acids is 1. The van der Waals surface area contributed by atoms with Crippen LogP contribution < -0.4 is 61.9 Å². The minimum Gasteiger partial charge on any atom is -0.550 e. The van der Waals surface area contributed by atoms with Crippen LogP contribution in [0.3, 0.4) is 0 Å². The van der Waals surface area contributed by atoms with Gasteiger partial charge in [-0.15, -0.1) is 0 Å². The first-order chi connectivity index (χ1) is 9.83. The van der Waals surface area contributed by atoms with Crippen LogP contribution in [-0.2, 0) is 4.79 Å². The van der Waals surface area contributed by atoms with Crippen molar-refractivity contribution in [3.8, 4) is 0 Å². The molecule has 2 fully saturated rings. The average molecular weight is 324 g/mol. The van der Waals surface area contributed by atoms with Crippen molar-refractivity contribution in [1.29, 1.82) is 0 Å². The van der Waals surface area contributed by atoms with Gasteiger partial charge in [-0.3, -0.25) is 5.43 Å². The molecule has 112 valence electrons. The molecule has 1 N–H and O–H groups in total. The van der Waals surface area contributed by atoms with E-state index >= 15 is 0 Å². The van der Waals surface area contributed by atoms with Crippen molar-refractivity contribution < 1.29 is 61.3 Å². The molecule has 5 heteroatoms. The van der Waals surface area contributed by atoms with Crippen LogP contribution >= 0.6 is 0 Å². The number of fused-ring (bicyclic) bond motifs is 2. The molecule has 2 atom stereocenters. The van der Waals surface area contributed by atoms with Gasteiger partial charge >= 0.3 is 51.4 Å². The van der Waals surface area contributed by atoms with Gasteiger partial charge in [0.25, 0.3) is 0 Å². The van der Waals surface area contributed by atoms with E-state index in [1.807, 2.05) is 44.2 Å². The molecule has 0 aliphatic heterocycles. The number of carboxylic acids is 1. The number of para-hydroxylation sites is 1. The van der Waals surface area contributed by atoms with Crippen molar-refractivity contribution in [2.45, 2.75) is 40.0 Å². The average Bonchev–Trinajstić information content (AvgIpc) is 2.76. The van der Waals surface area contributed by atoms with E-state index in [4.69, 9.17) is 0 Å². The van der Waals surface area contributed by atoms with Gasteiger partial charge in [-0.25, -0.2) is 0 Å². The molecule has 2 unspecified atom stereocenters. The van der Waals surface area contributed by atoms with Crippen molar-refractivity contribution in [1.82, 2.24) is 0 Å². The van der Waals surface area contributed by atoms with Gasteiger partial charge in [0.1, 0.15) is 0 Å². The number of nitrogens with zero attached hydrogens (tertiary/aromatic N) is 1. The van der Waals surface area contributed by atoms with Gasteiger partial charge in [0, 0.05) is 22.5 Å². The number of hydrazone groups is 1. The molecule has 0 saturated heterocycles. The van der Waals surface area contributed by atoms with Crippen LogP contribution in [0.15, 0.2) is 35.4 Å². The van der Waals surface area contributed by atoms with E-state index < -0.39 is 11.4 Å². The summed E-state index contributed by atoms with van der Waals surface area (Å²) in [5.41, 5.74) is 3.63. The number of anilines is 1. The van der Waals surface area contributed by atoms with Crippen LogP contribution in [0.5, 0.6) is 0 Å². The maximum absolute atomic E-state index is 11.8. The van der Waals surface area contributed by atoms with Crippen LogP contribution in [0, 0.1) is 16.2 Å². The Balaban J connectivity index is 0.00000176. The van der Waals surface area contributed by atoms with E-state index in [1.54, 1.807) is 0 Å². The molecule has 0 aromatic heterocycles. The van der Waals surface area contributed by atoms with Gasteiger partial charge in [-0.1, -0.05) is 39.0 Å². The zero-order chi connectivity index (χ0) is 15.3. The number of carbonyl (C=O) groups is 1. The topological polar surface area (TPSA) is 64.5 Å². The molecule has 1 aromatic carbocycles. The predicted molar refractivity (Wildman–Crippen MR) is 80.7 cm³/mol. The van der Waals surface area contributed by atoms with Crippen molar-refractivity contribution in [3.05, 3.63) is 30.3 Å². The summed E-state index contributed by atoms with van der Waals surface area (Å²) in [6, 6.07) is 9.72. The summed E-state index contributed by atoms with van der Waals surface area (Å²) in [7, 11) is 0. The van der Waals surface area contributed by atoms with E-state index in [0.717, 1.165) is 17.8 Å². The number of hydrogen-bond acceptors (Lipinski definition) is 4. The third kappa shape index (κ3) is 2.33. The van der Waals surface area contributed by atoms with Crippen molar-refractivity contribution in [2.75, 3.05) is 5.43 Å². The van der Waals surface area contributed by atoms with Crippen molar-refractivity contribution >= 4 is 17.4 Å². The van der Waals surface area contributed by atoms with Crippen LogP contribution in [-0.4, -0.2) is 11.7 Å². The van der Waals surface area contributed by atoms with Gasteiger partial charge < -0.3 is 9.90 Å². The molecular formula is C17H21KN2O2. The molecule has 2 bridgehead atoms. The third-order valence-corrected chi connectivity index (χ3v) is 6.22.